The summed E-state index contributed by atoms with van der Waals surface area (Å²) >= 11 is 0. The van der Waals surface area contributed by atoms with E-state index in [2.05, 4.69) is 5.43 Å². The van der Waals surface area contributed by atoms with Crippen LogP contribution in [-0.4, -0.2) is 29.0 Å². The van der Waals surface area contributed by atoms with Crippen molar-refractivity contribution in [3.63, 3.8) is 0 Å². The van der Waals surface area contributed by atoms with Crippen molar-refractivity contribution < 1.29 is 14.2 Å². The first kappa shape index (κ1) is 12.4. The third-order valence-electron chi connectivity index (χ3n) is 2.37. The van der Waals surface area contributed by atoms with Gasteiger partial charge < -0.3 is 15.3 Å². The van der Waals surface area contributed by atoms with Crippen LogP contribution in [0.3, 0.4) is 0 Å². The quantitative estimate of drug-likeness (QED) is 0.818. The van der Waals surface area contributed by atoms with Gasteiger partial charge in [-0.15, -0.1) is 0 Å². The van der Waals surface area contributed by atoms with Gasteiger partial charge in [0.2, 0.25) is 0 Å². The van der Waals surface area contributed by atoms with Crippen molar-refractivity contribution in [2.75, 3.05) is 18.6 Å². The van der Waals surface area contributed by atoms with E-state index < -0.39 is 6.10 Å². The van der Waals surface area contributed by atoms with Gasteiger partial charge in [0.1, 0.15) is 24.3 Å². The van der Waals surface area contributed by atoms with Crippen LogP contribution in [0.25, 0.3) is 0 Å². The van der Waals surface area contributed by atoms with Gasteiger partial charge in [0, 0.05) is 12.4 Å². The van der Waals surface area contributed by atoms with Gasteiger partial charge in [-0.1, -0.05) is 0 Å². The molecule has 0 bridgehead atoms. The van der Waals surface area contributed by atoms with Gasteiger partial charge in [0.05, 0.1) is 6.54 Å². The Kier molecular flexibility index (Phi) is 4.20. The summed E-state index contributed by atoms with van der Waals surface area (Å²) in [5, 5.41) is 9.69. The molecule has 96 valence electrons. The average molecular weight is 250 g/mol. The number of hydrogen-bond donors (Lipinski definition) is 2. The second-order valence-corrected chi connectivity index (χ2v) is 3.87. The number of benzene rings is 1. The molecule has 0 radical (unpaired) electrons. The highest BCUT2D eigenvalue weighted by Gasteiger charge is 2.05. The molecule has 1 aromatic carbocycles. The maximum Gasteiger partial charge on any atom is 0.123 e. The standard InChI is InChI=1S/C13H15FN2O2/c14-11-3-5-13(6-4-11)18-10-12(17)9-15-16-7-1-2-8-16/h1-8,12,15,17H,9-10H2. The Morgan fingerprint density at radius 3 is 2.56 bits per heavy atom. The van der Waals surface area contributed by atoms with E-state index in [1.165, 1.54) is 24.3 Å². The largest absolute Gasteiger partial charge is 0.491 e. The number of halogens is 1. The highest BCUT2D eigenvalue weighted by Crippen LogP contribution is 2.11. The number of aliphatic hydroxyl groups excluding tert-OH is 1. The van der Waals surface area contributed by atoms with E-state index >= 15 is 0 Å². The SMILES string of the molecule is OC(CNn1cccc1)COc1ccc(F)cc1. The fourth-order valence-electron chi connectivity index (χ4n) is 1.43. The first-order valence-corrected chi connectivity index (χ1v) is 5.67. The monoisotopic (exact) mass is 250 g/mol. The Labute approximate surface area is 105 Å². The molecule has 0 aliphatic carbocycles. The number of hydrogen-bond acceptors (Lipinski definition) is 3. The number of aliphatic hydroxyl groups is 1. The van der Waals surface area contributed by atoms with Crippen LogP contribution in [0.1, 0.15) is 0 Å². The van der Waals surface area contributed by atoms with Crippen molar-refractivity contribution in [1.82, 2.24) is 4.68 Å². The molecule has 2 aromatic rings. The second-order valence-electron chi connectivity index (χ2n) is 3.87. The molecule has 0 spiro atoms. The topological polar surface area (TPSA) is 46.4 Å². The third-order valence-corrected chi connectivity index (χ3v) is 2.37. The fraction of sp³-hybridized carbons (Fsp3) is 0.231. The molecule has 2 N–H and O–H groups in total. The van der Waals surface area contributed by atoms with Gasteiger partial charge in [-0.25, -0.2) is 4.39 Å². The Balaban J connectivity index is 1.71. The van der Waals surface area contributed by atoms with Crippen LogP contribution in [0.2, 0.25) is 0 Å². The van der Waals surface area contributed by atoms with Gasteiger partial charge in [-0.2, -0.15) is 0 Å². The Morgan fingerprint density at radius 1 is 1.22 bits per heavy atom. The number of nitrogens with one attached hydrogen (secondary N) is 1. The molecule has 1 heterocycles. The van der Waals surface area contributed by atoms with Crippen molar-refractivity contribution in [2.24, 2.45) is 0 Å². The maximum absolute atomic E-state index is 12.6. The maximum atomic E-state index is 12.6. The average Bonchev–Trinajstić information content (AvgIpc) is 2.89. The van der Waals surface area contributed by atoms with Crippen LogP contribution in [0.5, 0.6) is 5.75 Å². The zero-order chi connectivity index (χ0) is 12.8. The van der Waals surface area contributed by atoms with Gasteiger partial charge in [-0.05, 0) is 36.4 Å². The number of aromatic nitrogens is 1. The third kappa shape index (κ3) is 3.78. The lowest BCUT2D eigenvalue weighted by molar-refractivity contribution is 0.115. The zero-order valence-electron chi connectivity index (χ0n) is 9.79. The molecule has 1 unspecified atom stereocenters. The van der Waals surface area contributed by atoms with E-state index in [1.807, 2.05) is 24.5 Å². The zero-order valence-corrected chi connectivity index (χ0v) is 9.79. The smallest absolute Gasteiger partial charge is 0.123 e. The lowest BCUT2D eigenvalue weighted by atomic mass is 10.3. The molecule has 18 heavy (non-hydrogen) atoms. The van der Waals surface area contributed by atoms with Crippen LogP contribution in [0.4, 0.5) is 4.39 Å². The van der Waals surface area contributed by atoms with E-state index in [4.69, 9.17) is 4.74 Å². The van der Waals surface area contributed by atoms with Crippen LogP contribution < -0.4 is 10.2 Å². The summed E-state index contributed by atoms with van der Waals surface area (Å²) in [5.41, 5.74) is 3.00. The summed E-state index contributed by atoms with van der Waals surface area (Å²) in [6.07, 6.45) is 3.04. The predicted octanol–water partition coefficient (Wildman–Crippen LogP) is 1.61. The van der Waals surface area contributed by atoms with E-state index in [0.29, 0.717) is 12.3 Å². The van der Waals surface area contributed by atoms with Gasteiger partial charge >= 0.3 is 0 Å². The van der Waals surface area contributed by atoms with Crippen LogP contribution in [0, 0.1) is 5.82 Å². The normalized spacial score (nSPS) is 12.1. The highest BCUT2D eigenvalue weighted by molar-refractivity contribution is 5.22. The summed E-state index contributed by atoms with van der Waals surface area (Å²) in [6.45, 7) is 0.524. The molecule has 1 aromatic heterocycles. The summed E-state index contributed by atoms with van der Waals surface area (Å²) in [4.78, 5) is 0. The summed E-state index contributed by atoms with van der Waals surface area (Å²) in [6, 6.07) is 9.46. The molecule has 0 aliphatic rings. The molecule has 5 heteroatoms. The molecule has 1 atom stereocenters. The molecule has 2 rings (SSSR count). The second kappa shape index (κ2) is 6.07. The number of ether oxygens (including phenoxy) is 1. The predicted molar refractivity (Wildman–Crippen MR) is 66.6 cm³/mol. The lowest BCUT2D eigenvalue weighted by Crippen LogP contribution is -2.30. The lowest BCUT2D eigenvalue weighted by Gasteiger charge is -2.14. The Bertz CT molecular complexity index is 456. The van der Waals surface area contributed by atoms with Crippen LogP contribution >= 0.6 is 0 Å². The minimum Gasteiger partial charge on any atom is -0.491 e. The minimum absolute atomic E-state index is 0.153. The first-order chi connectivity index (χ1) is 8.74. The van der Waals surface area contributed by atoms with Gasteiger partial charge in [0.25, 0.3) is 0 Å². The molecule has 0 fully saturated rings. The number of rotatable bonds is 6. The first-order valence-electron chi connectivity index (χ1n) is 5.67. The molecule has 4 nitrogen and oxygen atoms in total. The Morgan fingerprint density at radius 2 is 1.89 bits per heavy atom. The molecule has 0 aliphatic heterocycles. The van der Waals surface area contributed by atoms with Crippen molar-refractivity contribution >= 4 is 0 Å². The van der Waals surface area contributed by atoms with E-state index in [1.54, 1.807) is 4.68 Å². The van der Waals surface area contributed by atoms with E-state index in [0.717, 1.165) is 0 Å². The van der Waals surface area contributed by atoms with Gasteiger partial charge in [-0.3, -0.25) is 4.68 Å². The molecule has 0 saturated heterocycles. The number of nitrogens with zero attached hydrogens (tertiary/aromatic N) is 1. The van der Waals surface area contributed by atoms with Crippen molar-refractivity contribution in [3.05, 3.63) is 54.6 Å². The van der Waals surface area contributed by atoms with Crippen molar-refractivity contribution in [3.8, 4) is 5.75 Å². The van der Waals surface area contributed by atoms with Crippen LogP contribution in [-0.2, 0) is 0 Å². The molecular formula is C13H15FN2O2. The molecular weight excluding hydrogens is 235 g/mol. The molecule has 0 amide bonds. The fourth-order valence-corrected chi connectivity index (χ4v) is 1.43. The van der Waals surface area contributed by atoms with Gasteiger partial charge in [0.15, 0.2) is 0 Å². The summed E-state index contributed by atoms with van der Waals surface area (Å²) < 4.78 is 19.7. The summed E-state index contributed by atoms with van der Waals surface area (Å²) in [7, 11) is 0. The highest BCUT2D eigenvalue weighted by atomic mass is 19.1. The van der Waals surface area contributed by atoms with E-state index in [-0.39, 0.29) is 12.4 Å². The van der Waals surface area contributed by atoms with E-state index in [9.17, 15) is 9.50 Å². The minimum atomic E-state index is -0.641. The summed E-state index contributed by atoms with van der Waals surface area (Å²) in [5.74, 6) is 0.230. The Hall–Kier alpha value is -2.01. The van der Waals surface area contributed by atoms with Crippen LogP contribution in [0.15, 0.2) is 48.8 Å². The van der Waals surface area contributed by atoms with Crippen molar-refractivity contribution in [1.29, 1.82) is 0 Å². The van der Waals surface area contributed by atoms with Crippen molar-refractivity contribution in [2.45, 2.75) is 6.10 Å². The molecule has 0 saturated carbocycles.